The van der Waals surface area contributed by atoms with Crippen LogP contribution in [0.2, 0.25) is 0 Å². The largest absolute Gasteiger partial charge is 0.478 e. The third-order valence-corrected chi connectivity index (χ3v) is 9.59. The van der Waals surface area contributed by atoms with Crippen LogP contribution in [0.5, 0.6) is 0 Å². The topological polar surface area (TPSA) is 122 Å². The minimum Gasteiger partial charge on any atom is -0.478 e. The Balaban J connectivity index is 1.41. The molecule has 3 aromatic carbocycles. The van der Waals surface area contributed by atoms with Gasteiger partial charge in [-0.3, -0.25) is 9.59 Å². The summed E-state index contributed by atoms with van der Waals surface area (Å²) in [6.07, 6.45) is 4.77. The molecule has 43 heavy (non-hydrogen) atoms. The fraction of sp³-hybridized carbons (Fsp3) is 0.212. The number of thioether (sulfide) groups is 1. The molecule has 1 aliphatic rings. The van der Waals surface area contributed by atoms with Gasteiger partial charge in [0.05, 0.1) is 23.8 Å². The first-order valence-corrected chi connectivity index (χ1v) is 15.5. The van der Waals surface area contributed by atoms with Crippen LogP contribution in [-0.4, -0.2) is 36.0 Å². The number of carbonyl (C=O) groups is 4. The van der Waals surface area contributed by atoms with E-state index < -0.39 is 23.1 Å². The van der Waals surface area contributed by atoms with E-state index in [2.05, 4.69) is 10.6 Å². The Morgan fingerprint density at radius 2 is 1.58 bits per heavy atom. The van der Waals surface area contributed by atoms with Crippen molar-refractivity contribution in [2.75, 3.05) is 17.7 Å². The van der Waals surface area contributed by atoms with E-state index in [1.54, 1.807) is 30.3 Å². The lowest BCUT2D eigenvalue weighted by atomic mass is 10.1. The van der Waals surface area contributed by atoms with Crippen molar-refractivity contribution < 1.29 is 29.0 Å². The van der Waals surface area contributed by atoms with Crippen LogP contribution >= 0.6 is 23.1 Å². The van der Waals surface area contributed by atoms with Crippen molar-refractivity contribution >= 4 is 57.5 Å². The second-order valence-corrected chi connectivity index (χ2v) is 12.3. The number of rotatable bonds is 9. The molecule has 1 unspecified atom stereocenters. The van der Waals surface area contributed by atoms with Gasteiger partial charge in [-0.2, -0.15) is 0 Å². The number of ether oxygens (including phenoxy) is 1. The SMILES string of the molecule is COC(=O)c1c(NC(=O)C(Sc2cccc(NC(=O)c3ccccc3C(=O)O)c2)c2ccccc2)sc2c1CCCCC2. The molecule has 1 aromatic heterocycles. The highest BCUT2D eigenvalue weighted by molar-refractivity contribution is 8.00. The maximum Gasteiger partial charge on any atom is 0.341 e. The number of aromatic carboxylic acids is 1. The van der Waals surface area contributed by atoms with E-state index in [4.69, 9.17) is 4.74 Å². The predicted molar refractivity (Wildman–Crippen MR) is 168 cm³/mol. The van der Waals surface area contributed by atoms with Gasteiger partial charge in [0.25, 0.3) is 5.91 Å². The van der Waals surface area contributed by atoms with Crippen molar-refractivity contribution in [1.82, 2.24) is 0 Å². The van der Waals surface area contributed by atoms with Gasteiger partial charge in [0, 0.05) is 15.5 Å². The van der Waals surface area contributed by atoms with E-state index in [-0.39, 0.29) is 17.0 Å². The molecule has 0 radical (unpaired) electrons. The van der Waals surface area contributed by atoms with Crippen LogP contribution in [-0.2, 0) is 22.4 Å². The Labute approximate surface area is 257 Å². The maximum absolute atomic E-state index is 13.9. The number of nitrogens with one attached hydrogen (secondary N) is 2. The van der Waals surface area contributed by atoms with Gasteiger partial charge in [-0.25, -0.2) is 9.59 Å². The number of hydrogen-bond donors (Lipinski definition) is 3. The number of carboxylic acids is 1. The molecule has 8 nitrogen and oxygen atoms in total. The zero-order valence-electron chi connectivity index (χ0n) is 23.4. The van der Waals surface area contributed by atoms with Crippen LogP contribution in [0.15, 0.2) is 83.8 Å². The molecular formula is C33H30N2O6S2. The van der Waals surface area contributed by atoms with E-state index >= 15 is 0 Å². The van der Waals surface area contributed by atoms with Crippen molar-refractivity contribution in [2.45, 2.75) is 42.2 Å². The summed E-state index contributed by atoms with van der Waals surface area (Å²) in [5, 5.41) is 15.1. The van der Waals surface area contributed by atoms with Crippen molar-refractivity contribution in [3.05, 3.63) is 112 Å². The zero-order valence-corrected chi connectivity index (χ0v) is 25.1. The molecule has 4 aromatic rings. The molecule has 220 valence electrons. The molecule has 2 amide bonds. The van der Waals surface area contributed by atoms with Crippen molar-refractivity contribution in [1.29, 1.82) is 0 Å². The average Bonchev–Trinajstić information content (AvgIpc) is 3.19. The van der Waals surface area contributed by atoms with E-state index in [0.717, 1.165) is 48.1 Å². The first-order valence-electron chi connectivity index (χ1n) is 13.8. The summed E-state index contributed by atoms with van der Waals surface area (Å²) >= 11 is 2.75. The molecule has 0 spiro atoms. The van der Waals surface area contributed by atoms with Gasteiger partial charge >= 0.3 is 11.9 Å². The average molecular weight is 615 g/mol. The number of fused-ring (bicyclic) bond motifs is 1. The van der Waals surface area contributed by atoms with Crippen molar-refractivity contribution in [2.24, 2.45) is 0 Å². The first kappa shape index (κ1) is 30.1. The fourth-order valence-corrected chi connectivity index (χ4v) is 7.44. The van der Waals surface area contributed by atoms with E-state index in [0.29, 0.717) is 21.1 Å². The van der Waals surface area contributed by atoms with Gasteiger partial charge in [-0.05, 0) is 67.1 Å². The van der Waals surface area contributed by atoms with Gasteiger partial charge in [0.15, 0.2) is 0 Å². The summed E-state index contributed by atoms with van der Waals surface area (Å²) in [5.41, 5.74) is 2.60. The van der Waals surface area contributed by atoms with E-state index in [1.807, 2.05) is 36.4 Å². The van der Waals surface area contributed by atoms with Crippen molar-refractivity contribution in [3.63, 3.8) is 0 Å². The van der Waals surface area contributed by atoms with Crippen LogP contribution < -0.4 is 10.6 Å². The van der Waals surface area contributed by atoms with Crippen molar-refractivity contribution in [3.8, 4) is 0 Å². The van der Waals surface area contributed by atoms with Crippen LogP contribution in [0.4, 0.5) is 10.7 Å². The normalized spacial score (nSPS) is 13.2. The summed E-state index contributed by atoms with van der Waals surface area (Å²) in [6, 6.07) is 22.4. The number of hydrogen-bond acceptors (Lipinski definition) is 7. The number of anilines is 2. The second-order valence-electron chi connectivity index (χ2n) is 9.99. The molecule has 0 saturated carbocycles. The molecule has 1 atom stereocenters. The Morgan fingerprint density at radius 1 is 0.860 bits per heavy atom. The zero-order chi connectivity index (χ0) is 30.3. The standard InChI is InChI=1S/C33H30N2O6S2/c1-41-33(40)27-25-17-6-3-7-18-26(25)43-31(27)35-30(37)28(20-11-4-2-5-12-20)42-22-14-10-13-21(19-22)34-29(36)23-15-8-9-16-24(23)32(38)39/h2,4-5,8-16,19,28H,3,6-7,17-18H2,1H3,(H,34,36)(H,35,37)(H,38,39). The highest BCUT2D eigenvalue weighted by Crippen LogP contribution is 2.41. The van der Waals surface area contributed by atoms with E-state index in [1.165, 1.54) is 42.3 Å². The molecule has 0 aliphatic heterocycles. The maximum atomic E-state index is 13.9. The Kier molecular flexibility index (Phi) is 9.58. The molecule has 1 heterocycles. The van der Waals surface area contributed by atoms with Gasteiger partial charge in [-0.1, -0.05) is 55.0 Å². The third-order valence-electron chi connectivity index (χ3n) is 7.14. The van der Waals surface area contributed by atoms with E-state index in [9.17, 15) is 24.3 Å². The molecule has 1 aliphatic carbocycles. The molecule has 3 N–H and O–H groups in total. The monoisotopic (exact) mass is 614 g/mol. The molecule has 0 saturated heterocycles. The molecular weight excluding hydrogens is 585 g/mol. The lowest BCUT2D eigenvalue weighted by Crippen LogP contribution is -2.20. The highest BCUT2D eigenvalue weighted by atomic mass is 32.2. The Hall–Kier alpha value is -4.41. The minimum absolute atomic E-state index is 0.0466. The number of methoxy groups -OCH3 is 1. The summed E-state index contributed by atoms with van der Waals surface area (Å²) < 4.78 is 5.11. The van der Waals surface area contributed by atoms with Gasteiger partial charge < -0.3 is 20.5 Å². The number of thiophene rings is 1. The number of amides is 2. The van der Waals surface area contributed by atoms with Crippen LogP contribution in [0.1, 0.15) is 71.6 Å². The third kappa shape index (κ3) is 6.98. The number of benzene rings is 3. The lowest BCUT2D eigenvalue weighted by molar-refractivity contribution is -0.115. The molecule has 0 fully saturated rings. The number of carbonyl (C=O) groups excluding carboxylic acids is 3. The molecule has 0 bridgehead atoms. The van der Waals surface area contributed by atoms with Crippen LogP contribution in [0, 0.1) is 0 Å². The predicted octanol–water partition coefficient (Wildman–Crippen LogP) is 7.23. The summed E-state index contributed by atoms with van der Waals surface area (Å²) in [5.74, 6) is -2.48. The lowest BCUT2D eigenvalue weighted by Gasteiger charge is -2.18. The van der Waals surface area contributed by atoms with Crippen LogP contribution in [0.3, 0.4) is 0 Å². The second kappa shape index (κ2) is 13.7. The number of aryl methyl sites for hydroxylation is 1. The van der Waals surface area contributed by atoms with Gasteiger partial charge in [-0.15, -0.1) is 23.1 Å². The van der Waals surface area contributed by atoms with Crippen LogP contribution in [0.25, 0.3) is 0 Å². The number of carboxylic acid groups (broad SMARTS) is 1. The van der Waals surface area contributed by atoms with Gasteiger partial charge in [0.2, 0.25) is 5.91 Å². The Bertz CT molecular complexity index is 1670. The minimum atomic E-state index is -1.19. The highest BCUT2D eigenvalue weighted by Gasteiger charge is 2.29. The molecule has 5 rings (SSSR count). The first-order chi connectivity index (χ1) is 20.9. The molecule has 10 heteroatoms. The summed E-state index contributed by atoms with van der Waals surface area (Å²) in [6.45, 7) is 0. The fourth-order valence-electron chi connectivity index (χ4n) is 5.08. The quantitative estimate of drug-likeness (QED) is 0.103. The summed E-state index contributed by atoms with van der Waals surface area (Å²) in [7, 11) is 1.35. The van der Waals surface area contributed by atoms with Gasteiger partial charge in [0.1, 0.15) is 10.3 Å². The summed E-state index contributed by atoms with van der Waals surface area (Å²) in [4.78, 5) is 53.1. The smallest absolute Gasteiger partial charge is 0.341 e. The number of esters is 1. The Morgan fingerprint density at radius 3 is 2.33 bits per heavy atom.